The largest absolute Gasteiger partial charge is 0.489 e. The van der Waals surface area contributed by atoms with Crippen molar-refractivity contribution in [2.45, 2.75) is 31.3 Å². The van der Waals surface area contributed by atoms with E-state index in [1.807, 2.05) is 49.2 Å². The first-order chi connectivity index (χ1) is 16.2. The van der Waals surface area contributed by atoms with Crippen LogP contribution < -0.4 is 10.2 Å². The van der Waals surface area contributed by atoms with Crippen molar-refractivity contribution in [3.63, 3.8) is 0 Å². The fourth-order valence-electron chi connectivity index (χ4n) is 4.76. The minimum Gasteiger partial charge on any atom is -0.489 e. The first-order valence-corrected chi connectivity index (χ1v) is 12.8. The maximum atomic E-state index is 13.2. The van der Waals surface area contributed by atoms with Crippen molar-refractivity contribution >= 4 is 26.6 Å². The fraction of sp³-hybridized carbons (Fsp3) is 0.360. The Morgan fingerprint density at radius 1 is 1.21 bits per heavy atom. The molecule has 1 aromatic heterocycles. The molecule has 3 aromatic rings. The van der Waals surface area contributed by atoms with E-state index in [1.165, 1.54) is 0 Å². The van der Waals surface area contributed by atoms with E-state index in [-0.39, 0.29) is 17.1 Å². The van der Waals surface area contributed by atoms with Gasteiger partial charge < -0.3 is 9.64 Å². The molecule has 1 atom stereocenters. The van der Waals surface area contributed by atoms with Crippen molar-refractivity contribution in [1.29, 1.82) is 0 Å². The van der Waals surface area contributed by atoms with Crippen LogP contribution in [-0.4, -0.2) is 55.3 Å². The Morgan fingerprint density at radius 3 is 2.62 bits per heavy atom. The van der Waals surface area contributed by atoms with Gasteiger partial charge in [0.1, 0.15) is 12.4 Å². The molecule has 0 aliphatic carbocycles. The van der Waals surface area contributed by atoms with Crippen molar-refractivity contribution in [3.8, 4) is 5.75 Å². The van der Waals surface area contributed by atoms with Crippen molar-refractivity contribution in [2.24, 2.45) is 5.41 Å². The maximum absolute atomic E-state index is 13.2. The highest BCUT2D eigenvalue weighted by Gasteiger charge is 2.42. The third-order valence-corrected chi connectivity index (χ3v) is 8.28. The topological polar surface area (TPSA) is 109 Å². The van der Waals surface area contributed by atoms with Crippen LogP contribution in [0.25, 0.3) is 10.9 Å². The Morgan fingerprint density at radius 2 is 1.94 bits per heavy atom. The zero-order chi connectivity index (χ0) is 24.3. The van der Waals surface area contributed by atoms with E-state index in [4.69, 9.17) is 9.94 Å². The standard InChI is InChI=1S/C25H29N3O5S/c1-18-13-19(22-5-3-4-6-23(22)26-18)15-33-20-7-9-21(10-8-20)34(31,32)17-25(14-24(29)27-30)11-12-28(2)16-25/h3-10,13,30H,11-12,14-17H2,1-2H3,(H,27,29). The molecule has 2 heterocycles. The molecule has 0 spiro atoms. The number of aryl methyl sites for hydroxylation is 1. The summed E-state index contributed by atoms with van der Waals surface area (Å²) in [6, 6.07) is 16.2. The normalized spacial score (nSPS) is 18.8. The number of nitrogens with one attached hydrogen (secondary N) is 1. The molecule has 0 saturated carbocycles. The minimum atomic E-state index is -3.65. The molecule has 4 rings (SSSR count). The van der Waals surface area contributed by atoms with E-state index in [1.54, 1.807) is 29.7 Å². The molecule has 2 aromatic carbocycles. The van der Waals surface area contributed by atoms with Gasteiger partial charge in [0.25, 0.3) is 0 Å². The summed E-state index contributed by atoms with van der Waals surface area (Å²) in [6.07, 6.45) is 0.518. The van der Waals surface area contributed by atoms with Gasteiger partial charge in [0.15, 0.2) is 9.84 Å². The molecule has 2 N–H and O–H groups in total. The lowest BCUT2D eigenvalue weighted by atomic mass is 9.85. The quantitative estimate of drug-likeness (QED) is 0.374. The lowest BCUT2D eigenvalue weighted by Crippen LogP contribution is -2.38. The highest BCUT2D eigenvalue weighted by atomic mass is 32.2. The van der Waals surface area contributed by atoms with E-state index < -0.39 is 21.2 Å². The summed E-state index contributed by atoms with van der Waals surface area (Å²) in [6.45, 7) is 3.45. The summed E-state index contributed by atoms with van der Waals surface area (Å²) in [4.78, 5) is 18.6. The van der Waals surface area contributed by atoms with Gasteiger partial charge in [0.2, 0.25) is 5.91 Å². The second-order valence-electron chi connectivity index (χ2n) is 9.16. The van der Waals surface area contributed by atoms with E-state index in [2.05, 4.69) is 4.98 Å². The van der Waals surface area contributed by atoms with Gasteiger partial charge in [-0.05, 0) is 63.3 Å². The number of aromatic nitrogens is 1. The van der Waals surface area contributed by atoms with Crippen molar-refractivity contribution in [3.05, 3.63) is 65.9 Å². The van der Waals surface area contributed by atoms with E-state index in [0.29, 0.717) is 31.9 Å². The lowest BCUT2D eigenvalue weighted by Gasteiger charge is -2.27. The Labute approximate surface area is 199 Å². The number of rotatable bonds is 8. The lowest BCUT2D eigenvalue weighted by molar-refractivity contribution is -0.131. The highest BCUT2D eigenvalue weighted by Crippen LogP contribution is 2.36. The van der Waals surface area contributed by atoms with Crippen LogP contribution in [-0.2, 0) is 21.2 Å². The van der Waals surface area contributed by atoms with Gasteiger partial charge in [-0.1, -0.05) is 18.2 Å². The smallest absolute Gasteiger partial charge is 0.243 e. The molecule has 1 aliphatic rings. The number of hydrogen-bond donors (Lipinski definition) is 2. The van der Waals surface area contributed by atoms with Crippen molar-refractivity contribution in [1.82, 2.24) is 15.4 Å². The molecular formula is C25H29N3O5S. The Bertz CT molecular complexity index is 1290. The van der Waals surface area contributed by atoms with Gasteiger partial charge in [-0.2, -0.15) is 0 Å². The van der Waals surface area contributed by atoms with Crippen LogP contribution in [0.5, 0.6) is 5.75 Å². The van der Waals surface area contributed by atoms with E-state index >= 15 is 0 Å². The SMILES string of the molecule is Cc1cc(COc2ccc(S(=O)(=O)CC3(CC(=O)NO)CCN(C)C3)cc2)c2ccccc2n1. The third-order valence-electron chi connectivity index (χ3n) is 6.29. The predicted molar refractivity (Wildman–Crippen MR) is 128 cm³/mol. The maximum Gasteiger partial charge on any atom is 0.243 e. The van der Waals surface area contributed by atoms with Crippen LogP contribution in [0.15, 0.2) is 59.5 Å². The average molecular weight is 484 g/mol. The number of fused-ring (bicyclic) bond motifs is 1. The average Bonchev–Trinajstić information content (AvgIpc) is 3.16. The monoisotopic (exact) mass is 483 g/mol. The Kier molecular flexibility index (Phi) is 6.88. The van der Waals surface area contributed by atoms with E-state index in [0.717, 1.165) is 22.2 Å². The van der Waals surface area contributed by atoms with Gasteiger partial charge in [0.05, 0.1) is 16.2 Å². The number of pyridine rings is 1. The molecule has 34 heavy (non-hydrogen) atoms. The zero-order valence-electron chi connectivity index (χ0n) is 19.3. The summed E-state index contributed by atoms with van der Waals surface area (Å²) in [5, 5.41) is 9.97. The molecular weight excluding hydrogens is 454 g/mol. The number of ether oxygens (including phenoxy) is 1. The number of hydroxylamine groups is 1. The summed E-state index contributed by atoms with van der Waals surface area (Å²) < 4.78 is 32.3. The van der Waals surface area contributed by atoms with Gasteiger partial charge >= 0.3 is 0 Å². The second-order valence-corrected chi connectivity index (χ2v) is 11.1. The van der Waals surface area contributed by atoms with Crippen molar-refractivity contribution in [2.75, 3.05) is 25.9 Å². The highest BCUT2D eigenvalue weighted by molar-refractivity contribution is 7.91. The van der Waals surface area contributed by atoms with Gasteiger partial charge in [0, 0.05) is 35.0 Å². The van der Waals surface area contributed by atoms with Gasteiger partial charge in [-0.3, -0.25) is 15.0 Å². The number of amides is 1. The third kappa shape index (κ3) is 5.38. The number of benzene rings is 2. The fourth-order valence-corrected chi connectivity index (χ4v) is 6.62. The molecule has 0 radical (unpaired) electrons. The Hall–Kier alpha value is -3.01. The van der Waals surface area contributed by atoms with Crippen molar-refractivity contribution < 1.29 is 23.2 Å². The van der Waals surface area contributed by atoms with Crippen LogP contribution >= 0.6 is 0 Å². The molecule has 0 bridgehead atoms. The number of nitrogens with zero attached hydrogens (tertiary/aromatic N) is 2. The molecule has 1 unspecified atom stereocenters. The van der Waals surface area contributed by atoms with Crippen LogP contribution in [0.2, 0.25) is 0 Å². The van der Waals surface area contributed by atoms with E-state index in [9.17, 15) is 13.2 Å². The number of para-hydroxylation sites is 1. The molecule has 9 heteroatoms. The number of sulfone groups is 1. The van der Waals surface area contributed by atoms with Crippen LogP contribution in [0.3, 0.4) is 0 Å². The number of carbonyl (C=O) groups excluding carboxylic acids is 1. The molecule has 180 valence electrons. The summed E-state index contributed by atoms with van der Waals surface area (Å²) in [7, 11) is -1.76. The molecule has 1 fully saturated rings. The molecule has 1 amide bonds. The number of hydrogen-bond acceptors (Lipinski definition) is 7. The summed E-state index contributed by atoms with van der Waals surface area (Å²) >= 11 is 0. The second kappa shape index (κ2) is 9.69. The Balaban J connectivity index is 1.48. The minimum absolute atomic E-state index is 0.0480. The predicted octanol–water partition coefficient (Wildman–Crippen LogP) is 3.11. The van der Waals surface area contributed by atoms with Crippen LogP contribution in [0.4, 0.5) is 0 Å². The van der Waals surface area contributed by atoms with Crippen LogP contribution in [0.1, 0.15) is 24.1 Å². The summed E-state index contributed by atoms with van der Waals surface area (Å²) in [5.74, 6) is -0.180. The van der Waals surface area contributed by atoms with Crippen LogP contribution in [0, 0.1) is 12.3 Å². The first-order valence-electron chi connectivity index (χ1n) is 11.1. The molecule has 1 saturated heterocycles. The number of likely N-dealkylation sites (tertiary alicyclic amines) is 1. The molecule has 8 nitrogen and oxygen atoms in total. The van der Waals surface area contributed by atoms with Gasteiger partial charge in [-0.25, -0.2) is 13.9 Å². The zero-order valence-corrected chi connectivity index (χ0v) is 20.1. The molecule has 1 aliphatic heterocycles. The first kappa shape index (κ1) is 24.1. The summed E-state index contributed by atoms with van der Waals surface area (Å²) in [5.41, 5.74) is 3.71. The van der Waals surface area contributed by atoms with Gasteiger partial charge in [-0.15, -0.1) is 0 Å². The number of carbonyl (C=O) groups is 1.